The lowest BCUT2D eigenvalue weighted by Crippen LogP contribution is -2.24. The fourth-order valence-electron chi connectivity index (χ4n) is 1.89. The maximum Gasteiger partial charge on any atom is 0.222 e. The van der Waals surface area contributed by atoms with Crippen molar-refractivity contribution in [1.29, 1.82) is 0 Å². The number of nitrogens with one attached hydrogen (secondary N) is 2. The lowest BCUT2D eigenvalue weighted by atomic mass is 10.2. The van der Waals surface area contributed by atoms with E-state index in [0.717, 1.165) is 12.2 Å². The van der Waals surface area contributed by atoms with Crippen molar-refractivity contribution in [3.8, 4) is 0 Å². The molecule has 16 heavy (non-hydrogen) atoms. The lowest BCUT2D eigenvalue weighted by molar-refractivity contribution is -0.119. The van der Waals surface area contributed by atoms with E-state index in [2.05, 4.69) is 34.0 Å². The van der Waals surface area contributed by atoms with Crippen LogP contribution in [-0.2, 0) is 11.3 Å². The minimum Gasteiger partial charge on any atom is -0.354 e. The Labute approximate surface area is 95.2 Å². The molecule has 0 saturated carbocycles. The largest absolute Gasteiger partial charge is 0.354 e. The highest BCUT2D eigenvalue weighted by molar-refractivity contribution is 5.78. The van der Waals surface area contributed by atoms with E-state index in [1.165, 1.54) is 0 Å². The highest BCUT2D eigenvalue weighted by Gasteiger charge is 2.24. The summed E-state index contributed by atoms with van der Waals surface area (Å²) in [5.74, 6) is 0.126. The monoisotopic (exact) mass is 222 g/mol. The SMILES string of the molecule is CC(C)NCc1cncn1C1CNC(=O)C1. The average molecular weight is 222 g/mol. The number of nitrogens with zero attached hydrogens (tertiary/aromatic N) is 2. The fourth-order valence-corrected chi connectivity index (χ4v) is 1.89. The van der Waals surface area contributed by atoms with Crippen LogP contribution in [-0.4, -0.2) is 28.0 Å². The molecule has 1 saturated heterocycles. The average Bonchev–Trinajstić information content (AvgIpc) is 2.82. The summed E-state index contributed by atoms with van der Waals surface area (Å²) in [6.45, 7) is 5.73. The Hall–Kier alpha value is -1.36. The molecular formula is C11H18N4O. The van der Waals surface area contributed by atoms with Gasteiger partial charge in [0.25, 0.3) is 0 Å². The third-order valence-electron chi connectivity index (χ3n) is 2.79. The Bertz CT molecular complexity index is 372. The highest BCUT2D eigenvalue weighted by atomic mass is 16.1. The molecule has 2 rings (SSSR count). The summed E-state index contributed by atoms with van der Waals surface area (Å²) in [6.07, 6.45) is 4.23. The minimum absolute atomic E-state index is 0.126. The van der Waals surface area contributed by atoms with Crippen molar-refractivity contribution < 1.29 is 4.79 Å². The number of carbonyl (C=O) groups excluding carboxylic acids is 1. The molecule has 2 heterocycles. The van der Waals surface area contributed by atoms with Gasteiger partial charge in [-0.1, -0.05) is 13.8 Å². The quantitative estimate of drug-likeness (QED) is 0.777. The van der Waals surface area contributed by atoms with Crippen molar-refractivity contribution in [3.05, 3.63) is 18.2 Å². The molecule has 0 bridgehead atoms. The van der Waals surface area contributed by atoms with Crippen LogP contribution in [0, 0.1) is 0 Å². The minimum atomic E-state index is 0.126. The van der Waals surface area contributed by atoms with Crippen LogP contribution in [0.4, 0.5) is 0 Å². The highest BCUT2D eigenvalue weighted by Crippen LogP contribution is 2.17. The second kappa shape index (κ2) is 4.65. The predicted molar refractivity (Wildman–Crippen MR) is 60.9 cm³/mol. The summed E-state index contributed by atoms with van der Waals surface area (Å²) >= 11 is 0. The van der Waals surface area contributed by atoms with Crippen LogP contribution in [0.2, 0.25) is 0 Å². The molecule has 1 unspecified atom stereocenters. The second-order valence-electron chi connectivity index (χ2n) is 4.49. The molecule has 1 amide bonds. The summed E-state index contributed by atoms with van der Waals surface area (Å²) in [5, 5.41) is 6.20. The van der Waals surface area contributed by atoms with Crippen LogP contribution in [0.15, 0.2) is 12.5 Å². The van der Waals surface area contributed by atoms with Crippen LogP contribution >= 0.6 is 0 Å². The third kappa shape index (κ3) is 2.41. The van der Waals surface area contributed by atoms with Crippen LogP contribution in [0.5, 0.6) is 0 Å². The van der Waals surface area contributed by atoms with Gasteiger partial charge in [0.15, 0.2) is 0 Å². The maximum absolute atomic E-state index is 11.2. The summed E-state index contributed by atoms with van der Waals surface area (Å²) in [7, 11) is 0. The Kier molecular flexibility index (Phi) is 3.24. The molecule has 0 aromatic carbocycles. The van der Waals surface area contributed by atoms with Crippen LogP contribution in [0.1, 0.15) is 32.0 Å². The van der Waals surface area contributed by atoms with E-state index >= 15 is 0 Å². The molecule has 1 aromatic rings. The van der Waals surface area contributed by atoms with Crippen LogP contribution < -0.4 is 10.6 Å². The molecule has 0 spiro atoms. The summed E-state index contributed by atoms with van der Waals surface area (Å²) < 4.78 is 2.09. The number of hydrogen-bond donors (Lipinski definition) is 2. The van der Waals surface area contributed by atoms with Gasteiger partial charge in [0.1, 0.15) is 0 Å². The number of amides is 1. The van der Waals surface area contributed by atoms with Gasteiger partial charge >= 0.3 is 0 Å². The van der Waals surface area contributed by atoms with E-state index in [1.54, 1.807) is 0 Å². The van der Waals surface area contributed by atoms with E-state index in [-0.39, 0.29) is 11.9 Å². The van der Waals surface area contributed by atoms with E-state index in [4.69, 9.17) is 0 Å². The zero-order chi connectivity index (χ0) is 11.5. The number of carbonyl (C=O) groups is 1. The van der Waals surface area contributed by atoms with Gasteiger partial charge in [0, 0.05) is 31.7 Å². The number of aromatic nitrogens is 2. The lowest BCUT2D eigenvalue weighted by Gasteiger charge is -2.15. The Morgan fingerprint density at radius 1 is 1.69 bits per heavy atom. The first-order valence-electron chi connectivity index (χ1n) is 5.67. The first-order chi connectivity index (χ1) is 7.66. The van der Waals surface area contributed by atoms with Gasteiger partial charge in [0.2, 0.25) is 5.91 Å². The zero-order valence-electron chi connectivity index (χ0n) is 9.73. The Balaban J connectivity index is 2.04. The normalized spacial score (nSPS) is 20.4. The third-order valence-corrected chi connectivity index (χ3v) is 2.79. The van der Waals surface area contributed by atoms with Gasteiger partial charge < -0.3 is 15.2 Å². The van der Waals surface area contributed by atoms with Crippen molar-refractivity contribution >= 4 is 5.91 Å². The molecule has 1 aliphatic rings. The Morgan fingerprint density at radius 3 is 3.12 bits per heavy atom. The molecule has 1 aliphatic heterocycles. The molecule has 0 radical (unpaired) electrons. The molecule has 88 valence electrons. The second-order valence-corrected chi connectivity index (χ2v) is 4.49. The molecule has 5 heteroatoms. The number of rotatable bonds is 4. The van der Waals surface area contributed by atoms with E-state index < -0.39 is 0 Å². The zero-order valence-corrected chi connectivity index (χ0v) is 9.73. The summed E-state index contributed by atoms with van der Waals surface area (Å²) in [4.78, 5) is 15.3. The van der Waals surface area contributed by atoms with Crippen molar-refractivity contribution in [2.45, 2.75) is 38.9 Å². The van der Waals surface area contributed by atoms with Gasteiger partial charge in [-0.3, -0.25) is 4.79 Å². The molecule has 1 fully saturated rings. The van der Waals surface area contributed by atoms with Gasteiger partial charge in [-0.05, 0) is 0 Å². The van der Waals surface area contributed by atoms with Gasteiger partial charge in [-0.25, -0.2) is 4.98 Å². The number of hydrogen-bond acceptors (Lipinski definition) is 3. The summed E-state index contributed by atoms with van der Waals surface area (Å²) in [6, 6.07) is 0.672. The van der Waals surface area contributed by atoms with E-state index in [0.29, 0.717) is 19.0 Å². The van der Waals surface area contributed by atoms with Crippen molar-refractivity contribution in [2.75, 3.05) is 6.54 Å². The number of imidazole rings is 1. The van der Waals surface area contributed by atoms with Crippen LogP contribution in [0.25, 0.3) is 0 Å². The van der Waals surface area contributed by atoms with Gasteiger partial charge in [0.05, 0.1) is 18.1 Å². The van der Waals surface area contributed by atoms with E-state index in [1.807, 2.05) is 12.5 Å². The molecule has 0 aliphatic carbocycles. The Morgan fingerprint density at radius 2 is 2.50 bits per heavy atom. The predicted octanol–water partition coefficient (Wildman–Crippen LogP) is 0.442. The first-order valence-corrected chi connectivity index (χ1v) is 5.67. The van der Waals surface area contributed by atoms with Crippen molar-refractivity contribution in [1.82, 2.24) is 20.2 Å². The first kappa shape index (κ1) is 11.1. The van der Waals surface area contributed by atoms with Gasteiger partial charge in [-0.2, -0.15) is 0 Å². The molecule has 5 nitrogen and oxygen atoms in total. The molecular weight excluding hydrogens is 204 g/mol. The van der Waals surface area contributed by atoms with Crippen LogP contribution in [0.3, 0.4) is 0 Å². The molecule has 1 aromatic heterocycles. The summed E-state index contributed by atoms with van der Waals surface area (Å²) in [5.41, 5.74) is 1.13. The topological polar surface area (TPSA) is 59.0 Å². The van der Waals surface area contributed by atoms with Crippen molar-refractivity contribution in [3.63, 3.8) is 0 Å². The van der Waals surface area contributed by atoms with Crippen molar-refractivity contribution in [2.24, 2.45) is 0 Å². The van der Waals surface area contributed by atoms with Gasteiger partial charge in [-0.15, -0.1) is 0 Å². The maximum atomic E-state index is 11.2. The standard InChI is InChI=1S/C11H18N4O/c1-8(2)13-6-10-4-12-7-15(10)9-3-11(16)14-5-9/h4,7-9,13H,3,5-6H2,1-2H3,(H,14,16). The molecule has 1 atom stereocenters. The fraction of sp³-hybridized carbons (Fsp3) is 0.636. The molecule has 2 N–H and O–H groups in total. The smallest absolute Gasteiger partial charge is 0.222 e. The van der Waals surface area contributed by atoms with E-state index in [9.17, 15) is 4.79 Å².